The lowest BCUT2D eigenvalue weighted by molar-refractivity contribution is 0.119. The number of aliphatic hydroxyl groups is 1. The second kappa shape index (κ2) is 5.79. The molecular weight excluding hydrogens is 281 g/mol. The molecule has 6 heteroatoms. The quantitative estimate of drug-likeness (QED) is 0.894. The highest BCUT2D eigenvalue weighted by Gasteiger charge is 2.38. The fourth-order valence-corrected chi connectivity index (χ4v) is 4.44. The molecule has 4 nitrogen and oxygen atoms in total. The highest BCUT2D eigenvalue weighted by Crippen LogP contribution is 2.33. The molecule has 20 heavy (non-hydrogen) atoms. The predicted molar refractivity (Wildman–Crippen MR) is 74.2 cm³/mol. The fraction of sp³-hybridized carbons (Fsp3) is 0.571. The van der Waals surface area contributed by atoms with Crippen LogP contribution in [0.2, 0.25) is 0 Å². The van der Waals surface area contributed by atoms with E-state index in [0.29, 0.717) is 18.8 Å². The number of rotatable bonds is 4. The minimum absolute atomic E-state index is 0.273. The molecule has 0 amide bonds. The molecule has 1 aliphatic carbocycles. The van der Waals surface area contributed by atoms with Gasteiger partial charge in [0, 0.05) is 0 Å². The Hall–Kier alpha value is -0.980. The molecule has 2 unspecified atom stereocenters. The zero-order valence-corrected chi connectivity index (χ0v) is 12.3. The number of nitrogens with one attached hydrogen (secondary N) is 1. The third-order valence-electron chi connectivity index (χ3n) is 3.87. The molecule has 1 aliphatic rings. The number of hydrogen-bond acceptors (Lipinski definition) is 3. The Balaban J connectivity index is 2.29. The maximum absolute atomic E-state index is 13.7. The zero-order chi connectivity index (χ0) is 14.8. The molecule has 1 aromatic carbocycles. The van der Waals surface area contributed by atoms with Gasteiger partial charge in [0.1, 0.15) is 10.7 Å². The van der Waals surface area contributed by atoms with Crippen molar-refractivity contribution in [1.82, 2.24) is 4.72 Å². The standard InChI is InChI=1S/C14H20FNO3S/c1-11-5-4-8-14(9-11,10-17)16-20(18,19)13-7-3-2-6-12(13)15/h2-3,6-7,11,16-17H,4-5,8-10H2,1H3. The summed E-state index contributed by atoms with van der Waals surface area (Å²) in [7, 11) is -3.97. The lowest BCUT2D eigenvalue weighted by Crippen LogP contribution is -2.53. The van der Waals surface area contributed by atoms with Gasteiger partial charge in [-0.3, -0.25) is 0 Å². The highest BCUT2D eigenvalue weighted by atomic mass is 32.2. The largest absolute Gasteiger partial charge is 0.394 e. The summed E-state index contributed by atoms with van der Waals surface area (Å²) in [5, 5.41) is 9.62. The average Bonchev–Trinajstić information content (AvgIpc) is 2.38. The van der Waals surface area contributed by atoms with Gasteiger partial charge in [0.15, 0.2) is 0 Å². The van der Waals surface area contributed by atoms with E-state index in [-0.39, 0.29) is 11.5 Å². The van der Waals surface area contributed by atoms with Gasteiger partial charge in [-0.25, -0.2) is 17.5 Å². The molecule has 2 rings (SSSR count). The molecule has 0 saturated heterocycles. The van der Waals surface area contributed by atoms with E-state index in [1.54, 1.807) is 0 Å². The van der Waals surface area contributed by atoms with Gasteiger partial charge in [-0.1, -0.05) is 31.9 Å². The minimum Gasteiger partial charge on any atom is -0.394 e. The summed E-state index contributed by atoms with van der Waals surface area (Å²) in [5.41, 5.74) is -0.876. The van der Waals surface area contributed by atoms with Crippen molar-refractivity contribution in [1.29, 1.82) is 0 Å². The summed E-state index contributed by atoms with van der Waals surface area (Å²) in [6.07, 6.45) is 3.00. The van der Waals surface area contributed by atoms with Crippen LogP contribution in [-0.2, 0) is 10.0 Å². The van der Waals surface area contributed by atoms with Crippen molar-refractivity contribution in [3.63, 3.8) is 0 Å². The third-order valence-corrected chi connectivity index (χ3v) is 5.48. The molecule has 1 saturated carbocycles. The van der Waals surface area contributed by atoms with E-state index < -0.39 is 21.4 Å². The average molecular weight is 301 g/mol. The molecule has 0 bridgehead atoms. The molecule has 0 spiro atoms. The molecule has 1 fully saturated rings. The molecule has 0 heterocycles. The van der Waals surface area contributed by atoms with Gasteiger partial charge in [0.2, 0.25) is 10.0 Å². The smallest absolute Gasteiger partial charge is 0.244 e. The fourth-order valence-electron chi connectivity index (χ4n) is 2.93. The van der Waals surface area contributed by atoms with Crippen molar-refractivity contribution in [3.05, 3.63) is 30.1 Å². The second-order valence-corrected chi connectivity index (χ2v) is 7.33. The van der Waals surface area contributed by atoms with E-state index in [4.69, 9.17) is 0 Å². The van der Waals surface area contributed by atoms with Crippen molar-refractivity contribution < 1.29 is 17.9 Å². The Labute approximate surface area is 119 Å². The lowest BCUT2D eigenvalue weighted by atomic mass is 9.78. The Bertz CT molecular complexity index is 576. The van der Waals surface area contributed by atoms with Crippen LogP contribution in [0.5, 0.6) is 0 Å². The summed E-state index contributed by atoms with van der Waals surface area (Å²) in [6, 6.07) is 5.27. The molecule has 2 atom stereocenters. The van der Waals surface area contributed by atoms with Crippen LogP contribution in [0.25, 0.3) is 0 Å². The number of halogens is 1. The normalized spacial score (nSPS) is 27.4. The second-order valence-electron chi connectivity index (χ2n) is 5.68. The van der Waals surface area contributed by atoms with Crippen molar-refractivity contribution in [3.8, 4) is 0 Å². The topological polar surface area (TPSA) is 66.4 Å². The summed E-state index contributed by atoms with van der Waals surface area (Å²) >= 11 is 0. The third kappa shape index (κ3) is 3.19. The van der Waals surface area contributed by atoms with Crippen LogP contribution in [0.4, 0.5) is 4.39 Å². The Morgan fingerprint density at radius 3 is 2.75 bits per heavy atom. The highest BCUT2D eigenvalue weighted by molar-refractivity contribution is 7.89. The molecule has 2 N–H and O–H groups in total. The number of aliphatic hydroxyl groups excluding tert-OH is 1. The minimum atomic E-state index is -3.97. The van der Waals surface area contributed by atoms with Crippen LogP contribution in [-0.4, -0.2) is 25.7 Å². The molecule has 0 aliphatic heterocycles. The van der Waals surface area contributed by atoms with Crippen LogP contribution in [0.15, 0.2) is 29.2 Å². The van der Waals surface area contributed by atoms with Crippen LogP contribution in [0, 0.1) is 11.7 Å². The number of benzene rings is 1. The molecular formula is C14H20FNO3S. The van der Waals surface area contributed by atoms with Crippen LogP contribution in [0.3, 0.4) is 0 Å². The first kappa shape index (κ1) is 15.4. The summed E-state index contributed by atoms with van der Waals surface area (Å²) < 4.78 is 40.9. The summed E-state index contributed by atoms with van der Waals surface area (Å²) in [4.78, 5) is -0.369. The van der Waals surface area contributed by atoms with Crippen molar-refractivity contribution in [2.45, 2.75) is 43.0 Å². The van der Waals surface area contributed by atoms with E-state index in [0.717, 1.165) is 18.9 Å². The van der Waals surface area contributed by atoms with Gasteiger partial charge in [-0.15, -0.1) is 0 Å². The van der Waals surface area contributed by atoms with Crippen LogP contribution >= 0.6 is 0 Å². The first-order chi connectivity index (χ1) is 9.38. The van der Waals surface area contributed by atoms with Gasteiger partial charge in [-0.05, 0) is 30.9 Å². The van der Waals surface area contributed by atoms with Gasteiger partial charge >= 0.3 is 0 Å². The first-order valence-electron chi connectivity index (χ1n) is 6.78. The van der Waals surface area contributed by atoms with E-state index in [1.165, 1.54) is 18.2 Å². The zero-order valence-electron chi connectivity index (χ0n) is 11.5. The van der Waals surface area contributed by atoms with Crippen molar-refractivity contribution >= 4 is 10.0 Å². The van der Waals surface area contributed by atoms with Crippen LogP contribution in [0.1, 0.15) is 32.6 Å². The molecule has 1 aromatic rings. The summed E-state index contributed by atoms with van der Waals surface area (Å²) in [6.45, 7) is 1.76. The van der Waals surface area contributed by atoms with Gasteiger partial charge < -0.3 is 5.11 Å². The van der Waals surface area contributed by atoms with Gasteiger partial charge in [0.25, 0.3) is 0 Å². The first-order valence-corrected chi connectivity index (χ1v) is 8.26. The maximum atomic E-state index is 13.7. The summed E-state index contributed by atoms with van der Waals surface area (Å²) in [5.74, 6) is -0.448. The van der Waals surface area contributed by atoms with E-state index in [1.807, 2.05) is 6.92 Å². The molecule has 0 aromatic heterocycles. The lowest BCUT2D eigenvalue weighted by Gasteiger charge is -2.38. The van der Waals surface area contributed by atoms with Gasteiger partial charge in [0.05, 0.1) is 12.1 Å². The van der Waals surface area contributed by atoms with E-state index >= 15 is 0 Å². The Kier molecular flexibility index (Phi) is 4.46. The Morgan fingerprint density at radius 2 is 2.15 bits per heavy atom. The van der Waals surface area contributed by atoms with Crippen LogP contribution < -0.4 is 4.72 Å². The van der Waals surface area contributed by atoms with E-state index in [2.05, 4.69) is 4.72 Å². The Morgan fingerprint density at radius 1 is 1.45 bits per heavy atom. The maximum Gasteiger partial charge on any atom is 0.244 e. The SMILES string of the molecule is CC1CCCC(CO)(NS(=O)(=O)c2ccccc2F)C1. The van der Waals surface area contributed by atoms with Crippen molar-refractivity contribution in [2.24, 2.45) is 5.92 Å². The van der Waals surface area contributed by atoms with E-state index in [9.17, 15) is 17.9 Å². The number of hydrogen-bond donors (Lipinski definition) is 2. The van der Waals surface area contributed by atoms with Gasteiger partial charge in [-0.2, -0.15) is 0 Å². The molecule has 112 valence electrons. The monoisotopic (exact) mass is 301 g/mol. The van der Waals surface area contributed by atoms with Crippen molar-refractivity contribution in [2.75, 3.05) is 6.61 Å². The molecule has 0 radical (unpaired) electrons. The number of sulfonamides is 1. The predicted octanol–water partition coefficient (Wildman–Crippen LogP) is 2.05.